The van der Waals surface area contributed by atoms with E-state index in [2.05, 4.69) is 34.5 Å². The van der Waals surface area contributed by atoms with Gasteiger partial charge in [-0.3, -0.25) is 4.79 Å². The van der Waals surface area contributed by atoms with Crippen LogP contribution in [0.1, 0.15) is 50.3 Å². The highest BCUT2D eigenvalue weighted by atomic mass is 16.2. The molecule has 1 N–H and O–H groups in total. The molecule has 2 fully saturated rings. The van der Waals surface area contributed by atoms with Crippen LogP contribution in [0.4, 0.5) is 4.79 Å². The van der Waals surface area contributed by atoms with E-state index in [4.69, 9.17) is 0 Å². The summed E-state index contributed by atoms with van der Waals surface area (Å²) in [4.78, 5) is 29.8. The molecule has 3 amide bonds. The van der Waals surface area contributed by atoms with Gasteiger partial charge in [0.25, 0.3) is 0 Å². The van der Waals surface area contributed by atoms with E-state index in [1.54, 1.807) is 0 Å². The molecule has 5 heteroatoms. The van der Waals surface area contributed by atoms with Crippen LogP contribution in [0.25, 0.3) is 0 Å². The number of fused-ring (bicyclic) bond motifs is 4. The van der Waals surface area contributed by atoms with E-state index in [1.165, 1.54) is 11.1 Å². The standard InChI is InChI=1S/C20H27N3O2/c1-13(2)21-20(25)23-10-5-8-16-18(23)12-17-15-7-4-3-6-14(15)9-11-22(17)19(16)24/h3-4,6-7,13,16-18H,5,8-12H2,1-2H3,(H,21,25). The molecule has 1 aromatic carbocycles. The van der Waals surface area contributed by atoms with E-state index in [9.17, 15) is 9.59 Å². The Labute approximate surface area is 149 Å². The van der Waals surface area contributed by atoms with E-state index in [0.717, 1.165) is 38.8 Å². The molecule has 1 aromatic rings. The van der Waals surface area contributed by atoms with Gasteiger partial charge in [-0.15, -0.1) is 0 Å². The highest BCUT2D eigenvalue weighted by Gasteiger charge is 2.48. The van der Waals surface area contributed by atoms with Crippen LogP contribution in [-0.4, -0.2) is 46.9 Å². The van der Waals surface area contributed by atoms with Gasteiger partial charge >= 0.3 is 6.03 Å². The summed E-state index contributed by atoms with van der Waals surface area (Å²) in [5.74, 6) is 0.214. The minimum Gasteiger partial charge on any atom is -0.336 e. The summed E-state index contributed by atoms with van der Waals surface area (Å²) in [5.41, 5.74) is 2.62. The van der Waals surface area contributed by atoms with Gasteiger partial charge in [-0.1, -0.05) is 24.3 Å². The Hall–Kier alpha value is -2.04. The van der Waals surface area contributed by atoms with E-state index in [0.29, 0.717) is 0 Å². The Balaban J connectivity index is 1.64. The number of amides is 3. The van der Waals surface area contributed by atoms with Crippen LogP contribution in [0, 0.1) is 5.92 Å². The fraction of sp³-hybridized carbons (Fsp3) is 0.600. The first-order chi connectivity index (χ1) is 12.1. The van der Waals surface area contributed by atoms with Gasteiger partial charge in [0.15, 0.2) is 0 Å². The molecule has 0 bridgehead atoms. The van der Waals surface area contributed by atoms with Gasteiger partial charge in [0, 0.05) is 25.2 Å². The first-order valence-electron chi connectivity index (χ1n) is 9.51. The maximum absolute atomic E-state index is 13.2. The molecule has 3 unspecified atom stereocenters. The molecule has 2 saturated heterocycles. The Morgan fingerprint density at radius 2 is 2.04 bits per heavy atom. The van der Waals surface area contributed by atoms with Gasteiger partial charge < -0.3 is 15.1 Å². The molecule has 3 atom stereocenters. The average molecular weight is 341 g/mol. The summed E-state index contributed by atoms with van der Waals surface area (Å²) < 4.78 is 0. The minimum absolute atomic E-state index is 0.0185. The zero-order valence-corrected chi connectivity index (χ0v) is 15.1. The molecule has 0 aromatic heterocycles. The number of carbonyl (C=O) groups excluding carboxylic acids is 2. The first kappa shape index (κ1) is 16.4. The summed E-state index contributed by atoms with van der Waals surface area (Å²) in [6.45, 7) is 5.51. The van der Waals surface area contributed by atoms with Gasteiger partial charge in [0.1, 0.15) is 0 Å². The Morgan fingerprint density at radius 3 is 2.84 bits per heavy atom. The van der Waals surface area contributed by atoms with Crippen LogP contribution in [0.5, 0.6) is 0 Å². The zero-order valence-electron chi connectivity index (χ0n) is 15.1. The molecular weight excluding hydrogens is 314 g/mol. The Kier molecular flexibility index (Phi) is 4.18. The van der Waals surface area contributed by atoms with Crippen LogP contribution in [0.3, 0.4) is 0 Å². The lowest BCUT2D eigenvalue weighted by atomic mass is 9.76. The predicted molar refractivity (Wildman–Crippen MR) is 96.1 cm³/mol. The molecule has 0 spiro atoms. The third-order valence-corrected chi connectivity index (χ3v) is 5.93. The molecule has 0 aliphatic carbocycles. The molecule has 134 valence electrons. The van der Waals surface area contributed by atoms with E-state index < -0.39 is 0 Å². The lowest BCUT2D eigenvalue weighted by Gasteiger charge is -2.51. The van der Waals surface area contributed by atoms with E-state index >= 15 is 0 Å². The van der Waals surface area contributed by atoms with E-state index in [1.807, 2.05) is 18.7 Å². The zero-order chi connectivity index (χ0) is 17.6. The number of hydrogen-bond donors (Lipinski definition) is 1. The molecule has 0 saturated carbocycles. The maximum atomic E-state index is 13.2. The molecule has 3 aliphatic heterocycles. The number of carbonyl (C=O) groups is 2. The van der Waals surface area contributed by atoms with Gasteiger partial charge in [-0.2, -0.15) is 0 Å². The van der Waals surface area contributed by atoms with Gasteiger partial charge in [0.2, 0.25) is 5.91 Å². The van der Waals surface area contributed by atoms with Gasteiger partial charge in [-0.05, 0) is 50.7 Å². The van der Waals surface area contributed by atoms with Gasteiger partial charge in [-0.25, -0.2) is 4.79 Å². The number of likely N-dealkylation sites (tertiary alicyclic amines) is 1. The topological polar surface area (TPSA) is 52.7 Å². The van der Waals surface area contributed by atoms with Crippen LogP contribution in [0.15, 0.2) is 24.3 Å². The highest BCUT2D eigenvalue weighted by Crippen LogP contribution is 2.43. The van der Waals surface area contributed by atoms with Crippen molar-refractivity contribution in [1.29, 1.82) is 0 Å². The largest absolute Gasteiger partial charge is 0.336 e. The first-order valence-corrected chi connectivity index (χ1v) is 9.51. The van der Waals surface area contributed by atoms with Crippen molar-refractivity contribution in [2.75, 3.05) is 13.1 Å². The van der Waals surface area contributed by atoms with Crippen LogP contribution < -0.4 is 5.32 Å². The molecular formula is C20H27N3O2. The molecule has 5 nitrogen and oxygen atoms in total. The number of urea groups is 1. The molecule has 3 heterocycles. The molecule has 25 heavy (non-hydrogen) atoms. The smallest absolute Gasteiger partial charge is 0.317 e. The fourth-order valence-electron chi connectivity index (χ4n) is 4.83. The summed E-state index contributed by atoms with van der Waals surface area (Å²) >= 11 is 0. The summed E-state index contributed by atoms with van der Waals surface area (Å²) in [5, 5.41) is 3.01. The second-order valence-corrected chi connectivity index (χ2v) is 7.85. The minimum atomic E-state index is -0.0341. The van der Waals surface area contributed by atoms with Crippen molar-refractivity contribution in [2.45, 2.75) is 57.7 Å². The van der Waals surface area contributed by atoms with Crippen LogP contribution >= 0.6 is 0 Å². The Bertz CT molecular complexity index is 687. The lowest BCUT2D eigenvalue weighted by Crippen LogP contribution is -2.61. The molecule has 0 radical (unpaired) electrons. The van der Waals surface area contributed by atoms with Crippen molar-refractivity contribution in [3.8, 4) is 0 Å². The van der Waals surface area contributed by atoms with Crippen molar-refractivity contribution in [3.05, 3.63) is 35.4 Å². The summed E-state index contributed by atoms with van der Waals surface area (Å²) in [6.07, 6.45) is 3.61. The molecule has 4 rings (SSSR count). The third kappa shape index (κ3) is 2.79. The normalized spacial score (nSPS) is 28.3. The third-order valence-electron chi connectivity index (χ3n) is 5.93. The van der Waals surface area contributed by atoms with Crippen LogP contribution in [0.2, 0.25) is 0 Å². The average Bonchev–Trinajstić information content (AvgIpc) is 2.61. The van der Waals surface area contributed by atoms with Crippen molar-refractivity contribution in [1.82, 2.24) is 15.1 Å². The second-order valence-electron chi connectivity index (χ2n) is 7.85. The monoisotopic (exact) mass is 341 g/mol. The van der Waals surface area contributed by atoms with Crippen molar-refractivity contribution in [2.24, 2.45) is 5.92 Å². The van der Waals surface area contributed by atoms with E-state index in [-0.39, 0.29) is 36.0 Å². The van der Waals surface area contributed by atoms with Crippen molar-refractivity contribution in [3.63, 3.8) is 0 Å². The van der Waals surface area contributed by atoms with Crippen LogP contribution in [-0.2, 0) is 11.2 Å². The second kappa shape index (κ2) is 6.36. The summed E-state index contributed by atoms with van der Waals surface area (Å²) in [6, 6.07) is 8.69. The number of nitrogens with zero attached hydrogens (tertiary/aromatic N) is 2. The Morgan fingerprint density at radius 1 is 1.24 bits per heavy atom. The number of piperidine rings is 2. The number of rotatable bonds is 1. The lowest BCUT2D eigenvalue weighted by molar-refractivity contribution is -0.148. The quantitative estimate of drug-likeness (QED) is 0.854. The fourth-order valence-corrected chi connectivity index (χ4v) is 4.83. The van der Waals surface area contributed by atoms with Crippen molar-refractivity contribution >= 4 is 11.9 Å². The number of nitrogens with one attached hydrogen (secondary N) is 1. The summed E-state index contributed by atoms with van der Waals surface area (Å²) in [7, 11) is 0. The highest BCUT2D eigenvalue weighted by molar-refractivity contribution is 5.83. The number of hydrogen-bond acceptors (Lipinski definition) is 2. The maximum Gasteiger partial charge on any atom is 0.317 e. The number of benzene rings is 1. The predicted octanol–water partition coefficient (Wildman–Crippen LogP) is 2.71. The SMILES string of the molecule is CC(C)NC(=O)N1CCCC2C(=O)N3CCc4ccccc4C3CC21. The van der Waals surface area contributed by atoms with Gasteiger partial charge in [0.05, 0.1) is 12.0 Å². The molecule has 3 aliphatic rings. The van der Waals surface area contributed by atoms with Crippen molar-refractivity contribution < 1.29 is 9.59 Å².